The summed E-state index contributed by atoms with van der Waals surface area (Å²) in [6, 6.07) is 0. The molecule has 476 valence electrons. The highest BCUT2D eigenvalue weighted by atomic mass is 16.8. The van der Waals surface area contributed by atoms with E-state index in [1.807, 2.05) is 0 Å². The molecule has 9 rings (SSSR count). The molecule has 0 amide bonds. The number of aliphatic hydroxyl groups is 20. The van der Waals surface area contributed by atoms with Gasteiger partial charge >= 0.3 is 0 Å². The molecule has 0 aromatic carbocycles. The fourth-order valence-electron chi connectivity index (χ4n) is 10.4. The molecule has 20 N–H and O–H groups in total. The van der Waals surface area contributed by atoms with Crippen LogP contribution in [-0.2, 0) is 80.5 Å². The van der Waals surface area contributed by atoms with Gasteiger partial charge in [-0.15, -0.1) is 0 Å². The minimum Gasteiger partial charge on any atom is -0.394 e. The van der Waals surface area contributed by atoms with E-state index < -0.39 is 281 Å². The second-order valence-corrected chi connectivity index (χ2v) is 21.1. The van der Waals surface area contributed by atoms with E-state index in [4.69, 9.17) is 80.5 Å². The monoisotopic (exact) mass is 1210 g/mol. The van der Waals surface area contributed by atoms with Gasteiger partial charge in [0.25, 0.3) is 0 Å². The van der Waals surface area contributed by atoms with Crippen LogP contribution in [0.3, 0.4) is 0 Å². The third kappa shape index (κ3) is 13.7. The van der Waals surface area contributed by atoms with Crippen molar-refractivity contribution < 1.29 is 183 Å². The Labute approximate surface area is 463 Å². The van der Waals surface area contributed by atoms with Crippen molar-refractivity contribution in [3.63, 3.8) is 0 Å². The Morgan fingerprint density at radius 3 is 0.854 bits per heavy atom. The largest absolute Gasteiger partial charge is 0.394 e. The first-order valence-electron chi connectivity index (χ1n) is 26.3. The summed E-state index contributed by atoms with van der Waals surface area (Å²) in [4.78, 5) is 0. The lowest BCUT2D eigenvalue weighted by Crippen LogP contribution is -2.64. The third-order valence-electron chi connectivity index (χ3n) is 15.5. The Morgan fingerprint density at radius 2 is 0.512 bits per heavy atom. The van der Waals surface area contributed by atoms with Crippen molar-refractivity contribution in [1.29, 1.82) is 0 Å². The zero-order valence-corrected chi connectivity index (χ0v) is 43.0. The first-order chi connectivity index (χ1) is 39.0. The quantitative estimate of drug-likeness (QED) is 0.0606. The van der Waals surface area contributed by atoms with E-state index in [-0.39, 0.29) is 0 Å². The Balaban J connectivity index is 0.828. The van der Waals surface area contributed by atoms with E-state index in [9.17, 15) is 102 Å². The molecule has 9 heterocycles. The van der Waals surface area contributed by atoms with E-state index in [0.717, 1.165) is 0 Å². The highest BCUT2D eigenvalue weighted by Gasteiger charge is 2.56. The van der Waals surface area contributed by atoms with Gasteiger partial charge in [-0.25, -0.2) is 0 Å². The van der Waals surface area contributed by atoms with Crippen molar-refractivity contribution in [3.8, 4) is 0 Å². The summed E-state index contributed by atoms with van der Waals surface area (Å²) < 4.78 is 95.8. The maximum absolute atomic E-state index is 11.8. The predicted octanol–water partition coefficient (Wildman–Crippen LogP) is -14.9. The molecule has 82 heavy (non-hydrogen) atoms. The molecule has 0 saturated carbocycles. The van der Waals surface area contributed by atoms with Crippen molar-refractivity contribution in [2.75, 3.05) is 59.5 Å². The number of hydrogen-bond donors (Lipinski definition) is 20. The SMILES string of the molecule is OC[C@@H]1O[C@@H](O[C@@H]2[C@@H](O)[C@H](O[C@@H]3CO[C@@H](O[C@@H]4COC(O)[C@H](O)[C@H]4O)[C@H](O)[C@H]3O)OC[C@H]2O[C@@H]2OC[C@@H](O[C@@H]3OC[C@@H](O[C@@H]4OC[C@@H](O[C@@H]5OC[C@@H](O)[C@H](O)[C@H]5O)[C@H](O)[C@H]4O)[C@H](O[C@@H]4O[C@@H](CO)[C@H](O)[C@H]4O)[C@H]3O)[C@H](O)[C@H]2O)[C@H](O)[C@H]1O. The van der Waals surface area contributed by atoms with Crippen LogP contribution in [0.5, 0.6) is 0 Å². The van der Waals surface area contributed by atoms with Gasteiger partial charge in [0, 0.05) is 0 Å². The Morgan fingerprint density at radius 1 is 0.244 bits per heavy atom. The van der Waals surface area contributed by atoms with E-state index in [2.05, 4.69) is 0 Å². The van der Waals surface area contributed by atoms with Crippen molar-refractivity contribution in [2.45, 2.75) is 221 Å². The van der Waals surface area contributed by atoms with Crippen LogP contribution in [0.25, 0.3) is 0 Å². The zero-order valence-electron chi connectivity index (χ0n) is 43.0. The van der Waals surface area contributed by atoms with Crippen LogP contribution < -0.4 is 0 Å². The molecule has 0 bridgehead atoms. The summed E-state index contributed by atoms with van der Waals surface area (Å²) in [5, 5.41) is 212. The molecule has 1 unspecified atom stereocenters. The van der Waals surface area contributed by atoms with Crippen LogP contribution in [0.4, 0.5) is 0 Å². The molecule has 9 fully saturated rings. The fourth-order valence-corrected chi connectivity index (χ4v) is 10.4. The summed E-state index contributed by atoms with van der Waals surface area (Å²) in [6.07, 6.45) is -61.6. The number of ether oxygens (including phenoxy) is 17. The number of aliphatic hydroxyl groups excluding tert-OH is 20. The zero-order chi connectivity index (χ0) is 59.2. The smallest absolute Gasteiger partial charge is 0.187 e. The van der Waals surface area contributed by atoms with Gasteiger partial charge in [-0.2, -0.15) is 0 Å². The second kappa shape index (κ2) is 27.9. The van der Waals surface area contributed by atoms with Crippen LogP contribution in [0, 0.1) is 0 Å². The Hall–Kier alpha value is -1.48. The Bertz CT molecular complexity index is 1980. The Kier molecular flexibility index (Phi) is 22.1. The molecule has 0 radical (unpaired) electrons. The molecule has 0 aliphatic carbocycles. The molecular formula is C45H74O37. The molecule has 9 aliphatic heterocycles. The molecule has 0 aromatic heterocycles. The van der Waals surface area contributed by atoms with Crippen LogP contribution in [0.2, 0.25) is 0 Å². The summed E-state index contributed by atoms with van der Waals surface area (Å²) in [5.74, 6) is 0. The average molecular weight is 1210 g/mol. The molecule has 9 saturated heterocycles. The summed E-state index contributed by atoms with van der Waals surface area (Å²) >= 11 is 0. The standard InChI is InChI=1S/C45H74O37/c46-1-11-20(50)31(61)44(73-11)81-35-17(79-40-29(59)23(53)14(5-69-40)76-38-27(57)19(49)10(48)3-67-38)8-72-43(34(35)64)78-16-7-70-41(30(60)25(16)55)80-18-9-71-42(33(63)36(18)82-45-32(62)21(51)12(2-47)74-45)77-15-6-68-39(28(58)24(15)54)75-13-4-66-37(65)26(56)22(13)52/h10-65H,1-9H2/t10-,11+,12+,13-,14-,15-,16-,17-,18-,19+,20+,21+,22+,23+,24+,25+,26-,27-,28-,29-,30-,31-,32-,33-,34-,35+,36+,37?,38+,39+,40+,41+,42+,43+,44+,45+/m1/s1. The third-order valence-corrected chi connectivity index (χ3v) is 15.5. The summed E-state index contributed by atoms with van der Waals surface area (Å²) in [7, 11) is 0. The van der Waals surface area contributed by atoms with Gasteiger partial charge in [0.15, 0.2) is 56.6 Å². The van der Waals surface area contributed by atoms with Gasteiger partial charge in [-0.05, 0) is 0 Å². The van der Waals surface area contributed by atoms with E-state index >= 15 is 0 Å². The van der Waals surface area contributed by atoms with Crippen molar-refractivity contribution in [1.82, 2.24) is 0 Å². The molecule has 9 aliphatic rings. The summed E-state index contributed by atoms with van der Waals surface area (Å²) in [5.41, 5.74) is 0. The van der Waals surface area contributed by atoms with Gasteiger partial charge in [0.2, 0.25) is 0 Å². The van der Waals surface area contributed by atoms with Gasteiger partial charge < -0.3 is 183 Å². The molecular weight excluding hydrogens is 1130 g/mol. The first kappa shape index (κ1) is 65.0. The first-order valence-corrected chi connectivity index (χ1v) is 26.3. The van der Waals surface area contributed by atoms with Gasteiger partial charge in [-0.3, -0.25) is 0 Å². The average Bonchev–Trinajstić information content (AvgIpc) is 4.08. The topological polar surface area (TPSA) is 562 Å². The van der Waals surface area contributed by atoms with E-state index in [1.54, 1.807) is 0 Å². The minimum absolute atomic E-state index is 0.437. The second-order valence-electron chi connectivity index (χ2n) is 21.1. The van der Waals surface area contributed by atoms with Crippen LogP contribution in [-0.4, -0.2) is 383 Å². The van der Waals surface area contributed by atoms with Crippen molar-refractivity contribution in [2.24, 2.45) is 0 Å². The van der Waals surface area contributed by atoms with E-state index in [0.29, 0.717) is 0 Å². The molecule has 36 atom stereocenters. The summed E-state index contributed by atoms with van der Waals surface area (Å²) in [6.45, 7) is -5.45. The van der Waals surface area contributed by atoms with Gasteiger partial charge in [0.05, 0.1) is 59.5 Å². The lowest BCUT2D eigenvalue weighted by atomic mass is 10.0. The number of hydrogen-bond acceptors (Lipinski definition) is 37. The maximum Gasteiger partial charge on any atom is 0.187 e. The molecule has 37 heteroatoms. The highest BCUT2D eigenvalue weighted by Crippen LogP contribution is 2.36. The van der Waals surface area contributed by atoms with Gasteiger partial charge in [-0.1, -0.05) is 0 Å². The fraction of sp³-hybridized carbons (Fsp3) is 1.00. The van der Waals surface area contributed by atoms with Crippen LogP contribution in [0.15, 0.2) is 0 Å². The lowest BCUT2D eigenvalue weighted by Gasteiger charge is -2.47. The molecule has 0 aromatic rings. The normalized spacial score (nSPS) is 54.3. The van der Waals surface area contributed by atoms with Crippen LogP contribution in [0.1, 0.15) is 0 Å². The lowest BCUT2D eigenvalue weighted by molar-refractivity contribution is -0.378. The van der Waals surface area contributed by atoms with Crippen LogP contribution >= 0.6 is 0 Å². The van der Waals surface area contributed by atoms with Gasteiger partial charge in [0.1, 0.15) is 165 Å². The van der Waals surface area contributed by atoms with Crippen molar-refractivity contribution in [3.05, 3.63) is 0 Å². The van der Waals surface area contributed by atoms with Crippen molar-refractivity contribution >= 4 is 0 Å². The minimum atomic E-state index is -2.06. The van der Waals surface area contributed by atoms with E-state index in [1.165, 1.54) is 0 Å². The number of rotatable bonds is 18. The maximum atomic E-state index is 11.8. The molecule has 37 nitrogen and oxygen atoms in total. The highest BCUT2D eigenvalue weighted by molar-refractivity contribution is 4.97. The molecule has 0 spiro atoms. The predicted molar refractivity (Wildman–Crippen MR) is 243 cm³/mol.